The van der Waals surface area contributed by atoms with Gasteiger partial charge in [-0.1, -0.05) is 0 Å². The topological polar surface area (TPSA) is 47.7 Å². The van der Waals surface area contributed by atoms with Gasteiger partial charge in [0.1, 0.15) is 0 Å². The second-order valence-corrected chi connectivity index (χ2v) is 4.20. The summed E-state index contributed by atoms with van der Waals surface area (Å²) in [5, 5.41) is 7.44. The van der Waals surface area contributed by atoms with Gasteiger partial charge in [0.05, 0.1) is 11.9 Å². The van der Waals surface area contributed by atoms with Crippen molar-refractivity contribution in [3.05, 3.63) is 29.8 Å². The van der Waals surface area contributed by atoms with E-state index in [0.717, 1.165) is 31.2 Å². The lowest BCUT2D eigenvalue weighted by molar-refractivity contribution is 0.698. The second kappa shape index (κ2) is 5.03. The highest BCUT2D eigenvalue weighted by Crippen LogP contribution is 2.10. The summed E-state index contributed by atoms with van der Waals surface area (Å²) in [6.07, 6.45) is 7.02. The largest absolute Gasteiger partial charge is 0.356 e. The normalized spacial score (nSPS) is 10.8. The Balaban J connectivity index is 2.02. The molecule has 2 aromatic rings. The number of imidazole rings is 1. The molecule has 0 atom stereocenters. The van der Waals surface area contributed by atoms with Crippen LogP contribution >= 0.6 is 0 Å². The van der Waals surface area contributed by atoms with Gasteiger partial charge in [-0.2, -0.15) is 5.10 Å². The number of anilines is 1. The average molecular weight is 233 g/mol. The second-order valence-electron chi connectivity index (χ2n) is 4.20. The molecule has 5 nitrogen and oxygen atoms in total. The first-order chi connectivity index (χ1) is 8.19. The number of rotatable bonds is 5. The first kappa shape index (κ1) is 11.7. The maximum absolute atomic E-state index is 4.45. The van der Waals surface area contributed by atoms with Crippen LogP contribution in [-0.2, 0) is 20.0 Å². The van der Waals surface area contributed by atoms with Crippen molar-refractivity contribution in [3.8, 4) is 0 Å². The van der Waals surface area contributed by atoms with E-state index >= 15 is 0 Å². The Morgan fingerprint density at radius 1 is 1.35 bits per heavy atom. The zero-order valence-corrected chi connectivity index (χ0v) is 10.6. The predicted octanol–water partition coefficient (Wildman–Crippen LogP) is 1.60. The fourth-order valence-corrected chi connectivity index (χ4v) is 1.87. The number of hydrogen-bond donors (Lipinski definition) is 1. The number of aryl methyl sites for hydroxylation is 4. The Bertz CT molecular complexity index is 483. The molecular weight excluding hydrogens is 214 g/mol. The fourth-order valence-electron chi connectivity index (χ4n) is 1.87. The van der Waals surface area contributed by atoms with Gasteiger partial charge >= 0.3 is 0 Å². The van der Waals surface area contributed by atoms with E-state index in [1.807, 2.05) is 24.9 Å². The molecule has 2 heterocycles. The molecule has 0 spiro atoms. The van der Waals surface area contributed by atoms with E-state index in [4.69, 9.17) is 0 Å². The third-order valence-electron chi connectivity index (χ3n) is 2.63. The Kier molecular flexibility index (Phi) is 3.46. The first-order valence-electron chi connectivity index (χ1n) is 5.94. The van der Waals surface area contributed by atoms with Gasteiger partial charge in [0, 0.05) is 32.5 Å². The van der Waals surface area contributed by atoms with Gasteiger partial charge < -0.3 is 9.88 Å². The number of aromatic nitrogens is 4. The van der Waals surface area contributed by atoms with Crippen LogP contribution in [-0.4, -0.2) is 25.9 Å². The van der Waals surface area contributed by atoms with Crippen LogP contribution in [0.2, 0.25) is 0 Å². The lowest BCUT2D eigenvalue weighted by Gasteiger charge is -2.07. The van der Waals surface area contributed by atoms with E-state index in [1.165, 1.54) is 5.56 Å². The monoisotopic (exact) mass is 233 g/mol. The lowest BCUT2D eigenvalue weighted by atomic mass is 10.2. The summed E-state index contributed by atoms with van der Waals surface area (Å²) in [5.41, 5.74) is 2.30. The zero-order valence-electron chi connectivity index (χ0n) is 10.6. The summed E-state index contributed by atoms with van der Waals surface area (Å²) >= 11 is 0. The van der Waals surface area contributed by atoms with E-state index in [-0.39, 0.29) is 0 Å². The molecule has 0 unspecified atom stereocenters. The molecule has 0 radical (unpaired) electrons. The van der Waals surface area contributed by atoms with Crippen LogP contribution in [0, 0.1) is 6.92 Å². The highest BCUT2D eigenvalue weighted by atomic mass is 15.2. The van der Waals surface area contributed by atoms with E-state index in [2.05, 4.69) is 39.3 Å². The van der Waals surface area contributed by atoms with E-state index < -0.39 is 0 Å². The minimum absolute atomic E-state index is 0.892. The van der Waals surface area contributed by atoms with Gasteiger partial charge in [0.2, 0.25) is 5.95 Å². The van der Waals surface area contributed by atoms with Gasteiger partial charge in [0.15, 0.2) is 0 Å². The van der Waals surface area contributed by atoms with Crippen molar-refractivity contribution in [3.63, 3.8) is 0 Å². The summed E-state index contributed by atoms with van der Waals surface area (Å²) in [6.45, 7) is 5.91. The number of nitrogens with one attached hydrogen (secondary N) is 1. The lowest BCUT2D eigenvalue weighted by Crippen LogP contribution is -2.07. The van der Waals surface area contributed by atoms with Crippen LogP contribution in [0.5, 0.6) is 0 Å². The summed E-state index contributed by atoms with van der Waals surface area (Å²) in [4.78, 5) is 4.45. The molecule has 92 valence electrons. The Morgan fingerprint density at radius 2 is 2.18 bits per heavy atom. The van der Waals surface area contributed by atoms with Gasteiger partial charge in [-0.3, -0.25) is 4.68 Å². The van der Waals surface area contributed by atoms with Crippen LogP contribution < -0.4 is 5.32 Å². The molecule has 0 aliphatic heterocycles. The van der Waals surface area contributed by atoms with Crippen LogP contribution in [0.15, 0.2) is 18.6 Å². The van der Waals surface area contributed by atoms with Crippen LogP contribution in [0.4, 0.5) is 5.95 Å². The molecule has 5 heteroatoms. The van der Waals surface area contributed by atoms with Gasteiger partial charge in [-0.05, 0) is 25.8 Å². The molecule has 0 saturated heterocycles. The molecule has 0 aliphatic rings. The molecule has 0 aliphatic carbocycles. The Hall–Kier alpha value is -1.78. The molecule has 1 N–H and O–H groups in total. The molecule has 2 rings (SSSR count). The van der Waals surface area contributed by atoms with Crippen molar-refractivity contribution in [2.75, 3.05) is 11.9 Å². The highest BCUT2D eigenvalue weighted by molar-refractivity contribution is 5.28. The highest BCUT2D eigenvalue weighted by Gasteiger charge is 2.05. The van der Waals surface area contributed by atoms with Crippen molar-refractivity contribution in [2.24, 2.45) is 7.05 Å². The quantitative estimate of drug-likeness (QED) is 0.853. The van der Waals surface area contributed by atoms with Crippen molar-refractivity contribution >= 4 is 5.95 Å². The maximum atomic E-state index is 4.45. The molecule has 0 saturated carbocycles. The van der Waals surface area contributed by atoms with Crippen molar-refractivity contribution in [1.29, 1.82) is 0 Å². The first-order valence-corrected chi connectivity index (χ1v) is 5.94. The average Bonchev–Trinajstić information content (AvgIpc) is 2.83. The molecule has 0 bridgehead atoms. The molecule has 17 heavy (non-hydrogen) atoms. The molecule has 0 aromatic carbocycles. The third-order valence-corrected chi connectivity index (χ3v) is 2.63. The van der Waals surface area contributed by atoms with Crippen LogP contribution in [0.3, 0.4) is 0 Å². The van der Waals surface area contributed by atoms with Crippen molar-refractivity contribution in [1.82, 2.24) is 19.3 Å². The van der Waals surface area contributed by atoms with Gasteiger partial charge in [0.25, 0.3) is 0 Å². The van der Waals surface area contributed by atoms with Gasteiger partial charge in [-0.25, -0.2) is 4.98 Å². The molecule has 0 amide bonds. The summed E-state index contributed by atoms with van der Waals surface area (Å²) in [5.74, 6) is 0.953. The summed E-state index contributed by atoms with van der Waals surface area (Å²) in [7, 11) is 1.94. The van der Waals surface area contributed by atoms with E-state index in [1.54, 1.807) is 0 Å². The van der Waals surface area contributed by atoms with E-state index in [0.29, 0.717) is 0 Å². The van der Waals surface area contributed by atoms with Crippen molar-refractivity contribution in [2.45, 2.75) is 26.8 Å². The summed E-state index contributed by atoms with van der Waals surface area (Å²) < 4.78 is 3.99. The minimum atomic E-state index is 0.892. The zero-order chi connectivity index (χ0) is 12.3. The Morgan fingerprint density at radius 3 is 2.82 bits per heavy atom. The number of hydrogen-bond acceptors (Lipinski definition) is 3. The maximum Gasteiger partial charge on any atom is 0.203 e. The standard InChI is InChI=1S/C12H19N5/c1-4-13-12-15-10(2)8-17(12)6-5-11-7-14-16(3)9-11/h7-9H,4-6H2,1-3H3,(H,13,15). The van der Waals surface area contributed by atoms with Gasteiger partial charge in [-0.15, -0.1) is 0 Å². The van der Waals surface area contributed by atoms with E-state index in [9.17, 15) is 0 Å². The third kappa shape index (κ3) is 2.87. The molecular formula is C12H19N5. The van der Waals surface area contributed by atoms with Crippen molar-refractivity contribution < 1.29 is 0 Å². The van der Waals surface area contributed by atoms with Crippen LogP contribution in [0.1, 0.15) is 18.2 Å². The SMILES string of the molecule is CCNc1nc(C)cn1CCc1cnn(C)c1. The Labute approximate surface area is 101 Å². The molecule has 0 fully saturated rings. The van der Waals surface area contributed by atoms with Crippen LogP contribution in [0.25, 0.3) is 0 Å². The fraction of sp³-hybridized carbons (Fsp3) is 0.500. The predicted molar refractivity (Wildman–Crippen MR) is 68.0 cm³/mol. The minimum Gasteiger partial charge on any atom is -0.356 e. The summed E-state index contributed by atoms with van der Waals surface area (Å²) in [6, 6.07) is 0. The number of nitrogens with zero attached hydrogens (tertiary/aromatic N) is 4. The smallest absolute Gasteiger partial charge is 0.203 e. The molecule has 2 aromatic heterocycles.